The maximum Gasteiger partial charge on any atom is 0.126 e. The van der Waals surface area contributed by atoms with Crippen LogP contribution in [0.2, 0.25) is 0 Å². The van der Waals surface area contributed by atoms with Crippen LogP contribution in [0.15, 0.2) is 22.7 Å². The standard InChI is InChI=1S/C16H21BrFN3/c1-5-13-16(17)15(21(4)20-13)9-14(19-3)11-7-6-10(2)12(18)8-11/h6-8,14,19H,5,9H2,1-4H3. The second-order valence-corrected chi connectivity index (χ2v) is 6.03. The number of hydrogen-bond acceptors (Lipinski definition) is 2. The summed E-state index contributed by atoms with van der Waals surface area (Å²) in [7, 11) is 3.84. The summed E-state index contributed by atoms with van der Waals surface area (Å²) in [5, 5.41) is 7.78. The van der Waals surface area contributed by atoms with Gasteiger partial charge in [-0.25, -0.2) is 4.39 Å². The molecule has 0 aliphatic heterocycles. The number of aromatic nitrogens is 2. The first-order valence-electron chi connectivity index (χ1n) is 7.11. The second-order valence-electron chi connectivity index (χ2n) is 5.24. The lowest BCUT2D eigenvalue weighted by Crippen LogP contribution is -2.20. The van der Waals surface area contributed by atoms with Crippen LogP contribution in [0.25, 0.3) is 0 Å². The minimum absolute atomic E-state index is 0.0523. The van der Waals surface area contributed by atoms with E-state index in [1.807, 2.05) is 30.9 Å². The van der Waals surface area contributed by atoms with Crippen molar-refractivity contribution in [2.24, 2.45) is 7.05 Å². The number of benzene rings is 1. The molecule has 1 aromatic heterocycles. The Hall–Kier alpha value is -1.20. The predicted molar refractivity (Wildman–Crippen MR) is 86.9 cm³/mol. The van der Waals surface area contributed by atoms with Crippen LogP contribution < -0.4 is 5.32 Å². The van der Waals surface area contributed by atoms with Crippen LogP contribution in [0, 0.1) is 12.7 Å². The van der Waals surface area contributed by atoms with Crippen LogP contribution in [-0.4, -0.2) is 16.8 Å². The van der Waals surface area contributed by atoms with Gasteiger partial charge in [0.05, 0.1) is 15.9 Å². The van der Waals surface area contributed by atoms with Crippen molar-refractivity contribution in [2.75, 3.05) is 7.05 Å². The number of rotatable bonds is 5. The van der Waals surface area contributed by atoms with Crippen LogP contribution in [-0.2, 0) is 19.9 Å². The molecule has 0 saturated heterocycles. The lowest BCUT2D eigenvalue weighted by Gasteiger charge is -2.17. The van der Waals surface area contributed by atoms with E-state index < -0.39 is 0 Å². The zero-order valence-corrected chi connectivity index (χ0v) is 14.5. The van der Waals surface area contributed by atoms with Gasteiger partial charge in [0.2, 0.25) is 0 Å². The molecule has 1 aromatic carbocycles. The van der Waals surface area contributed by atoms with Crippen LogP contribution >= 0.6 is 15.9 Å². The molecular formula is C16H21BrFN3. The molecule has 1 unspecified atom stereocenters. The van der Waals surface area contributed by atoms with Gasteiger partial charge in [-0.15, -0.1) is 0 Å². The Morgan fingerprint density at radius 3 is 2.67 bits per heavy atom. The van der Waals surface area contributed by atoms with E-state index in [1.165, 1.54) is 0 Å². The number of aryl methyl sites for hydroxylation is 3. The van der Waals surface area contributed by atoms with Gasteiger partial charge in [-0.3, -0.25) is 4.68 Å². The zero-order valence-electron chi connectivity index (χ0n) is 12.9. The Labute approximate surface area is 133 Å². The van der Waals surface area contributed by atoms with E-state index in [-0.39, 0.29) is 11.9 Å². The average Bonchev–Trinajstić information content (AvgIpc) is 2.74. The van der Waals surface area contributed by atoms with E-state index in [4.69, 9.17) is 0 Å². The van der Waals surface area contributed by atoms with Gasteiger partial charge in [-0.2, -0.15) is 5.10 Å². The first-order valence-corrected chi connectivity index (χ1v) is 7.90. The zero-order chi connectivity index (χ0) is 15.6. The number of hydrogen-bond donors (Lipinski definition) is 1. The van der Waals surface area contributed by atoms with Crippen molar-refractivity contribution >= 4 is 15.9 Å². The van der Waals surface area contributed by atoms with Gasteiger partial charge in [0.1, 0.15) is 5.82 Å². The molecule has 0 aliphatic rings. The van der Waals surface area contributed by atoms with E-state index >= 15 is 0 Å². The first kappa shape index (κ1) is 16.2. The molecule has 114 valence electrons. The van der Waals surface area contributed by atoms with Gasteiger partial charge in [-0.1, -0.05) is 19.1 Å². The Morgan fingerprint density at radius 1 is 1.43 bits per heavy atom. The topological polar surface area (TPSA) is 29.9 Å². The van der Waals surface area contributed by atoms with Crippen LogP contribution in [0.1, 0.15) is 35.5 Å². The predicted octanol–water partition coefficient (Wildman–Crippen LogP) is 3.70. The van der Waals surface area contributed by atoms with Crippen LogP contribution in [0.3, 0.4) is 0 Å². The lowest BCUT2D eigenvalue weighted by molar-refractivity contribution is 0.551. The summed E-state index contributed by atoms with van der Waals surface area (Å²) in [5.41, 5.74) is 3.79. The molecule has 0 radical (unpaired) electrons. The summed E-state index contributed by atoms with van der Waals surface area (Å²) in [5.74, 6) is -0.161. The van der Waals surface area contributed by atoms with Gasteiger partial charge < -0.3 is 5.32 Å². The molecule has 1 atom stereocenters. The molecule has 0 aliphatic carbocycles. The SMILES string of the molecule is CCc1nn(C)c(CC(NC)c2ccc(C)c(F)c2)c1Br. The molecule has 3 nitrogen and oxygen atoms in total. The van der Waals surface area contributed by atoms with Gasteiger partial charge in [0.15, 0.2) is 0 Å². The van der Waals surface area contributed by atoms with Crippen molar-refractivity contribution in [1.29, 1.82) is 0 Å². The van der Waals surface area contributed by atoms with Crippen molar-refractivity contribution in [3.05, 3.63) is 51.0 Å². The third kappa shape index (κ3) is 3.35. The minimum Gasteiger partial charge on any atom is -0.313 e. The Balaban J connectivity index is 2.31. The Morgan fingerprint density at radius 2 is 2.14 bits per heavy atom. The number of nitrogens with one attached hydrogen (secondary N) is 1. The molecule has 0 amide bonds. The van der Waals surface area contributed by atoms with Gasteiger partial charge in [-0.05, 0) is 53.5 Å². The maximum atomic E-state index is 13.8. The summed E-state index contributed by atoms with van der Waals surface area (Å²) in [6.45, 7) is 3.86. The molecule has 0 spiro atoms. The minimum atomic E-state index is -0.161. The molecule has 0 bridgehead atoms. The summed E-state index contributed by atoms with van der Waals surface area (Å²) in [6, 6.07) is 5.47. The van der Waals surface area contributed by atoms with E-state index in [2.05, 4.69) is 33.3 Å². The molecule has 1 heterocycles. The second kappa shape index (κ2) is 6.71. The highest BCUT2D eigenvalue weighted by molar-refractivity contribution is 9.10. The van der Waals surface area contributed by atoms with E-state index in [1.54, 1.807) is 13.0 Å². The van der Waals surface area contributed by atoms with Gasteiger partial charge >= 0.3 is 0 Å². The van der Waals surface area contributed by atoms with E-state index in [0.29, 0.717) is 5.56 Å². The molecule has 0 saturated carbocycles. The molecular weight excluding hydrogens is 333 g/mol. The third-order valence-corrected chi connectivity index (χ3v) is 4.76. The highest BCUT2D eigenvalue weighted by atomic mass is 79.9. The van der Waals surface area contributed by atoms with Crippen LogP contribution in [0.5, 0.6) is 0 Å². The molecule has 5 heteroatoms. The number of halogens is 2. The maximum absolute atomic E-state index is 13.8. The van der Waals surface area contributed by atoms with E-state index in [0.717, 1.165) is 34.3 Å². The normalized spacial score (nSPS) is 12.7. The highest BCUT2D eigenvalue weighted by Crippen LogP contribution is 2.27. The van der Waals surface area contributed by atoms with Crippen molar-refractivity contribution in [1.82, 2.24) is 15.1 Å². The third-order valence-electron chi connectivity index (χ3n) is 3.85. The smallest absolute Gasteiger partial charge is 0.126 e. The van der Waals surface area contributed by atoms with Crippen molar-refractivity contribution in [2.45, 2.75) is 32.7 Å². The summed E-state index contributed by atoms with van der Waals surface area (Å²) in [6.07, 6.45) is 1.64. The Kier molecular flexibility index (Phi) is 5.17. The fourth-order valence-corrected chi connectivity index (χ4v) is 3.23. The van der Waals surface area contributed by atoms with Crippen molar-refractivity contribution < 1.29 is 4.39 Å². The summed E-state index contributed by atoms with van der Waals surface area (Å²) in [4.78, 5) is 0. The lowest BCUT2D eigenvalue weighted by atomic mass is 10.0. The van der Waals surface area contributed by atoms with Gasteiger partial charge in [0.25, 0.3) is 0 Å². The number of nitrogens with zero attached hydrogens (tertiary/aromatic N) is 2. The van der Waals surface area contributed by atoms with Crippen molar-refractivity contribution in [3.63, 3.8) is 0 Å². The molecule has 2 rings (SSSR count). The molecule has 2 aromatic rings. The fraction of sp³-hybridized carbons (Fsp3) is 0.438. The van der Waals surface area contributed by atoms with Gasteiger partial charge in [0, 0.05) is 19.5 Å². The molecule has 21 heavy (non-hydrogen) atoms. The number of likely N-dealkylation sites (N-methyl/N-ethyl adjacent to an activating group) is 1. The van der Waals surface area contributed by atoms with E-state index in [9.17, 15) is 4.39 Å². The Bertz CT molecular complexity index is 637. The van der Waals surface area contributed by atoms with Crippen molar-refractivity contribution in [3.8, 4) is 0 Å². The van der Waals surface area contributed by atoms with Crippen LogP contribution in [0.4, 0.5) is 4.39 Å². The largest absolute Gasteiger partial charge is 0.313 e. The monoisotopic (exact) mass is 353 g/mol. The molecule has 1 N–H and O–H groups in total. The highest BCUT2D eigenvalue weighted by Gasteiger charge is 2.18. The summed E-state index contributed by atoms with van der Waals surface area (Å²) < 4.78 is 16.7. The summed E-state index contributed by atoms with van der Waals surface area (Å²) >= 11 is 3.63. The first-order chi connectivity index (χ1) is 9.97. The quantitative estimate of drug-likeness (QED) is 0.888. The molecule has 0 fully saturated rings. The average molecular weight is 354 g/mol. The fourth-order valence-electron chi connectivity index (χ4n) is 2.45.